The van der Waals surface area contributed by atoms with Gasteiger partial charge in [0.1, 0.15) is 0 Å². The van der Waals surface area contributed by atoms with Gasteiger partial charge in [0.15, 0.2) is 11.5 Å². The topological polar surface area (TPSA) is 67.9 Å². The molecule has 1 aliphatic heterocycles. The summed E-state index contributed by atoms with van der Waals surface area (Å²) in [5.74, 6) is 1.34. The highest BCUT2D eigenvalue weighted by Crippen LogP contribution is 2.37. The van der Waals surface area contributed by atoms with Crippen molar-refractivity contribution in [1.29, 1.82) is 0 Å². The number of ether oxygens (including phenoxy) is 2. The van der Waals surface area contributed by atoms with Crippen molar-refractivity contribution in [2.24, 2.45) is 5.92 Å². The Balaban J connectivity index is 1.54. The van der Waals surface area contributed by atoms with Gasteiger partial charge in [0.05, 0.1) is 13.2 Å². The van der Waals surface area contributed by atoms with Crippen molar-refractivity contribution in [2.75, 3.05) is 30.0 Å². The Bertz CT molecular complexity index is 952. The zero-order valence-electron chi connectivity index (χ0n) is 17.6. The van der Waals surface area contributed by atoms with Crippen LogP contribution in [0.1, 0.15) is 49.0 Å². The summed E-state index contributed by atoms with van der Waals surface area (Å²) >= 11 is 0. The summed E-state index contributed by atoms with van der Waals surface area (Å²) in [5.41, 5.74) is 3.26. The minimum atomic E-state index is -0.227. The third-order valence-corrected chi connectivity index (χ3v) is 5.46. The van der Waals surface area contributed by atoms with Gasteiger partial charge in [-0.3, -0.25) is 9.59 Å². The maximum Gasteiger partial charge on any atom is 0.255 e. The fraction of sp³-hybridized carbons (Fsp3) is 0.417. The molecule has 1 N–H and O–H groups in total. The number of fused-ring (bicyclic) bond motifs is 1. The summed E-state index contributed by atoms with van der Waals surface area (Å²) in [6.07, 6.45) is 3.90. The lowest BCUT2D eigenvalue weighted by molar-refractivity contribution is -0.119. The van der Waals surface area contributed by atoms with Gasteiger partial charge in [-0.05, 0) is 75.4 Å². The monoisotopic (exact) mass is 408 g/mol. The van der Waals surface area contributed by atoms with Crippen LogP contribution in [-0.4, -0.2) is 31.6 Å². The van der Waals surface area contributed by atoms with Crippen LogP contribution in [0.15, 0.2) is 36.4 Å². The molecule has 1 fully saturated rings. The van der Waals surface area contributed by atoms with Crippen molar-refractivity contribution in [2.45, 2.75) is 39.5 Å². The summed E-state index contributed by atoms with van der Waals surface area (Å²) in [4.78, 5) is 27.4. The van der Waals surface area contributed by atoms with Gasteiger partial charge >= 0.3 is 0 Å². The van der Waals surface area contributed by atoms with Crippen LogP contribution in [0.3, 0.4) is 0 Å². The van der Waals surface area contributed by atoms with Crippen LogP contribution in [-0.2, 0) is 11.2 Å². The number of nitrogens with zero attached hydrogens (tertiary/aromatic N) is 1. The molecule has 30 heavy (non-hydrogen) atoms. The number of rotatable bonds is 7. The van der Waals surface area contributed by atoms with Gasteiger partial charge in [-0.2, -0.15) is 0 Å². The number of anilines is 2. The Morgan fingerprint density at radius 2 is 1.80 bits per heavy atom. The van der Waals surface area contributed by atoms with Crippen LogP contribution < -0.4 is 19.7 Å². The van der Waals surface area contributed by atoms with Crippen LogP contribution in [0.2, 0.25) is 0 Å². The van der Waals surface area contributed by atoms with Crippen molar-refractivity contribution in [3.63, 3.8) is 0 Å². The van der Waals surface area contributed by atoms with Gasteiger partial charge in [0.25, 0.3) is 5.91 Å². The number of hydrogen-bond acceptors (Lipinski definition) is 4. The average molecular weight is 408 g/mol. The van der Waals surface area contributed by atoms with Crippen LogP contribution in [0.4, 0.5) is 11.4 Å². The normalized spacial score (nSPS) is 15.3. The highest BCUT2D eigenvalue weighted by Gasteiger charge is 2.35. The maximum absolute atomic E-state index is 12.9. The van der Waals surface area contributed by atoms with Gasteiger partial charge in [-0.1, -0.05) is 6.07 Å². The van der Waals surface area contributed by atoms with E-state index in [1.807, 2.05) is 36.9 Å². The first-order valence-electron chi connectivity index (χ1n) is 10.8. The molecule has 1 aliphatic carbocycles. The van der Waals surface area contributed by atoms with Gasteiger partial charge < -0.3 is 19.7 Å². The molecule has 1 saturated carbocycles. The van der Waals surface area contributed by atoms with E-state index in [0.717, 1.165) is 43.5 Å². The van der Waals surface area contributed by atoms with Crippen molar-refractivity contribution in [3.8, 4) is 11.5 Å². The second-order valence-corrected chi connectivity index (χ2v) is 7.69. The smallest absolute Gasteiger partial charge is 0.255 e. The third kappa shape index (κ3) is 4.27. The summed E-state index contributed by atoms with van der Waals surface area (Å²) in [6.45, 7) is 5.56. The summed E-state index contributed by atoms with van der Waals surface area (Å²) in [5, 5.41) is 2.96. The van der Waals surface area contributed by atoms with Crippen LogP contribution in [0, 0.1) is 5.92 Å². The van der Waals surface area contributed by atoms with Crippen LogP contribution in [0.25, 0.3) is 0 Å². The van der Waals surface area contributed by atoms with Crippen LogP contribution >= 0.6 is 0 Å². The third-order valence-electron chi connectivity index (χ3n) is 5.46. The van der Waals surface area contributed by atoms with Gasteiger partial charge in [0, 0.05) is 29.4 Å². The minimum Gasteiger partial charge on any atom is -0.490 e. The Kier molecular flexibility index (Phi) is 5.93. The lowest BCUT2D eigenvalue weighted by Gasteiger charge is -2.30. The Morgan fingerprint density at radius 3 is 2.53 bits per heavy atom. The number of hydrogen-bond donors (Lipinski definition) is 1. The maximum atomic E-state index is 12.9. The number of benzene rings is 2. The van der Waals surface area contributed by atoms with E-state index in [-0.39, 0.29) is 17.7 Å². The molecule has 2 amide bonds. The predicted molar refractivity (Wildman–Crippen MR) is 117 cm³/mol. The molecule has 6 heteroatoms. The zero-order chi connectivity index (χ0) is 21.1. The molecule has 0 atom stereocenters. The van der Waals surface area contributed by atoms with Crippen molar-refractivity contribution < 1.29 is 19.1 Å². The van der Waals surface area contributed by atoms with Crippen molar-refractivity contribution in [1.82, 2.24) is 0 Å². The van der Waals surface area contributed by atoms with E-state index < -0.39 is 0 Å². The molecule has 0 spiro atoms. The fourth-order valence-electron chi connectivity index (χ4n) is 3.83. The fourth-order valence-corrected chi connectivity index (χ4v) is 3.83. The largest absolute Gasteiger partial charge is 0.490 e. The minimum absolute atomic E-state index is 0.176. The summed E-state index contributed by atoms with van der Waals surface area (Å²) in [7, 11) is 0. The molecule has 2 aromatic carbocycles. The molecule has 0 aromatic heterocycles. The molecule has 0 saturated heterocycles. The van der Waals surface area contributed by atoms with E-state index in [0.29, 0.717) is 36.0 Å². The second kappa shape index (κ2) is 8.78. The standard InChI is InChI=1S/C24H28N2O4/c1-3-29-21-12-10-18(14-22(21)30-4-2)23(27)25-19-11-9-16-6-5-13-26(20(16)15-19)24(28)17-7-8-17/h9-12,14-15,17H,3-8,13H2,1-2H3,(H,25,27). The molecular weight excluding hydrogens is 380 g/mol. The van der Waals surface area contributed by atoms with E-state index in [1.54, 1.807) is 18.2 Å². The van der Waals surface area contributed by atoms with Gasteiger partial charge in [-0.25, -0.2) is 0 Å². The highest BCUT2D eigenvalue weighted by molar-refractivity contribution is 6.05. The number of aryl methyl sites for hydroxylation is 1. The Labute approximate surface area is 177 Å². The first-order valence-corrected chi connectivity index (χ1v) is 10.8. The molecule has 2 aliphatic rings. The van der Waals surface area contributed by atoms with E-state index in [2.05, 4.69) is 5.32 Å². The quantitative estimate of drug-likeness (QED) is 0.736. The van der Waals surface area contributed by atoms with E-state index in [1.165, 1.54) is 0 Å². The molecule has 1 heterocycles. The molecule has 0 radical (unpaired) electrons. The first kappa shape index (κ1) is 20.3. The Morgan fingerprint density at radius 1 is 1.03 bits per heavy atom. The van der Waals surface area contributed by atoms with E-state index in [4.69, 9.17) is 9.47 Å². The van der Waals surface area contributed by atoms with Crippen molar-refractivity contribution >= 4 is 23.2 Å². The van der Waals surface area contributed by atoms with Crippen molar-refractivity contribution in [3.05, 3.63) is 47.5 Å². The zero-order valence-corrected chi connectivity index (χ0v) is 17.6. The second-order valence-electron chi connectivity index (χ2n) is 7.69. The molecule has 4 rings (SSSR count). The molecule has 158 valence electrons. The molecule has 0 unspecified atom stereocenters. The molecule has 6 nitrogen and oxygen atoms in total. The van der Waals surface area contributed by atoms with Crippen LogP contribution in [0.5, 0.6) is 11.5 Å². The number of nitrogens with one attached hydrogen (secondary N) is 1. The molecule has 2 aromatic rings. The van der Waals surface area contributed by atoms with Gasteiger partial charge in [-0.15, -0.1) is 0 Å². The van der Waals surface area contributed by atoms with Gasteiger partial charge in [0.2, 0.25) is 5.91 Å². The average Bonchev–Trinajstić information content (AvgIpc) is 3.60. The van der Waals surface area contributed by atoms with E-state index >= 15 is 0 Å². The SMILES string of the molecule is CCOc1ccc(C(=O)Nc2ccc3c(c2)N(C(=O)C2CC2)CCC3)cc1OCC. The first-order chi connectivity index (χ1) is 14.6. The lowest BCUT2D eigenvalue weighted by Crippen LogP contribution is -2.36. The molecular formula is C24H28N2O4. The lowest BCUT2D eigenvalue weighted by atomic mass is 10.0. The Hall–Kier alpha value is -3.02. The number of carbonyl (C=O) groups is 2. The number of carbonyl (C=O) groups excluding carboxylic acids is 2. The summed E-state index contributed by atoms with van der Waals surface area (Å²) in [6, 6.07) is 11.0. The van der Waals surface area contributed by atoms with E-state index in [9.17, 15) is 9.59 Å². The number of amides is 2. The molecule has 0 bridgehead atoms. The highest BCUT2D eigenvalue weighted by atomic mass is 16.5. The predicted octanol–water partition coefficient (Wildman–Crippen LogP) is 4.43. The summed E-state index contributed by atoms with van der Waals surface area (Å²) < 4.78 is 11.2.